The summed E-state index contributed by atoms with van der Waals surface area (Å²) in [4.78, 5) is 17.5. The summed E-state index contributed by atoms with van der Waals surface area (Å²) in [5.74, 6) is -0.194. The Bertz CT molecular complexity index is 611. The summed E-state index contributed by atoms with van der Waals surface area (Å²) in [6.45, 7) is 2.70. The van der Waals surface area contributed by atoms with Gasteiger partial charge in [0.05, 0.1) is 5.92 Å². The minimum atomic E-state index is -0.708. The predicted molar refractivity (Wildman–Crippen MR) is 67.9 cm³/mol. The zero-order chi connectivity index (χ0) is 13.4. The Kier molecular flexibility index (Phi) is 2.81. The molecule has 2 unspecified atom stereocenters. The molecule has 0 saturated carbocycles. The highest BCUT2D eigenvalue weighted by molar-refractivity contribution is 5.71. The first-order chi connectivity index (χ1) is 9.16. The molecule has 2 aromatic heterocycles. The molecule has 1 fully saturated rings. The van der Waals surface area contributed by atoms with Crippen molar-refractivity contribution >= 4 is 17.4 Å². The number of nitrogens with zero attached hydrogens (tertiary/aromatic N) is 5. The second-order valence-electron chi connectivity index (χ2n) is 4.91. The Morgan fingerprint density at radius 3 is 3.11 bits per heavy atom. The van der Waals surface area contributed by atoms with Crippen molar-refractivity contribution in [2.45, 2.75) is 25.8 Å². The average molecular weight is 261 g/mol. The summed E-state index contributed by atoms with van der Waals surface area (Å²) in [6, 6.07) is 0.130. The number of carbonyl (C=O) groups is 1. The number of hydrogen-bond donors (Lipinski definition) is 1. The minimum absolute atomic E-state index is 0.130. The third-order valence-corrected chi connectivity index (χ3v) is 3.69. The SMILES string of the molecule is CC1CC(C(=O)O)CCN1c1nccn2cnnc12. The van der Waals surface area contributed by atoms with Gasteiger partial charge >= 0.3 is 5.97 Å². The zero-order valence-corrected chi connectivity index (χ0v) is 10.6. The number of carboxylic acids is 1. The van der Waals surface area contributed by atoms with Crippen molar-refractivity contribution in [3.63, 3.8) is 0 Å². The Morgan fingerprint density at radius 2 is 2.37 bits per heavy atom. The maximum absolute atomic E-state index is 11.1. The molecule has 3 rings (SSSR count). The standard InChI is InChI=1S/C12H15N5O2/c1-8-6-9(12(18)19)2-4-17(8)10-11-15-14-7-16(11)5-3-13-10/h3,5,7-9H,2,4,6H2,1H3,(H,18,19). The van der Waals surface area contributed by atoms with Gasteiger partial charge in [0.1, 0.15) is 6.33 Å². The highest BCUT2D eigenvalue weighted by atomic mass is 16.4. The van der Waals surface area contributed by atoms with E-state index in [0.29, 0.717) is 25.0 Å². The second-order valence-corrected chi connectivity index (χ2v) is 4.91. The van der Waals surface area contributed by atoms with Crippen molar-refractivity contribution in [3.05, 3.63) is 18.7 Å². The van der Waals surface area contributed by atoms with Gasteiger partial charge in [-0.25, -0.2) is 4.98 Å². The van der Waals surface area contributed by atoms with Crippen LogP contribution < -0.4 is 4.90 Å². The lowest BCUT2D eigenvalue weighted by molar-refractivity contribution is -0.142. The minimum Gasteiger partial charge on any atom is -0.481 e. The number of hydrogen-bond acceptors (Lipinski definition) is 5. The van der Waals surface area contributed by atoms with Gasteiger partial charge in [-0.3, -0.25) is 9.20 Å². The maximum atomic E-state index is 11.1. The van der Waals surface area contributed by atoms with Gasteiger partial charge in [0, 0.05) is 25.0 Å². The lowest BCUT2D eigenvalue weighted by atomic mass is 9.92. The van der Waals surface area contributed by atoms with Crippen molar-refractivity contribution in [2.24, 2.45) is 5.92 Å². The first kappa shape index (κ1) is 11.9. The summed E-state index contributed by atoms with van der Waals surface area (Å²) in [7, 11) is 0. The third kappa shape index (κ3) is 2.00. The molecule has 0 aromatic carbocycles. The number of anilines is 1. The molecule has 7 nitrogen and oxygen atoms in total. The molecule has 2 aromatic rings. The van der Waals surface area contributed by atoms with Crippen molar-refractivity contribution in [2.75, 3.05) is 11.4 Å². The van der Waals surface area contributed by atoms with Crippen LogP contribution in [0.3, 0.4) is 0 Å². The van der Waals surface area contributed by atoms with Crippen LogP contribution in [-0.2, 0) is 4.79 Å². The normalized spacial score (nSPS) is 23.7. The van der Waals surface area contributed by atoms with E-state index < -0.39 is 5.97 Å². The second kappa shape index (κ2) is 4.49. The Balaban J connectivity index is 1.91. The number of fused-ring (bicyclic) bond motifs is 1. The van der Waals surface area contributed by atoms with Gasteiger partial charge in [-0.05, 0) is 19.8 Å². The first-order valence-electron chi connectivity index (χ1n) is 6.30. The van der Waals surface area contributed by atoms with E-state index in [-0.39, 0.29) is 12.0 Å². The molecular weight excluding hydrogens is 246 g/mol. The molecule has 0 spiro atoms. The van der Waals surface area contributed by atoms with Crippen molar-refractivity contribution < 1.29 is 9.90 Å². The summed E-state index contributed by atoms with van der Waals surface area (Å²) >= 11 is 0. The molecule has 0 bridgehead atoms. The van der Waals surface area contributed by atoms with Gasteiger partial charge in [0.2, 0.25) is 5.65 Å². The molecule has 100 valence electrons. The monoisotopic (exact) mass is 261 g/mol. The molecule has 2 atom stereocenters. The van der Waals surface area contributed by atoms with E-state index in [2.05, 4.69) is 20.1 Å². The van der Waals surface area contributed by atoms with Gasteiger partial charge in [-0.1, -0.05) is 0 Å². The van der Waals surface area contributed by atoms with Crippen LogP contribution in [0.1, 0.15) is 19.8 Å². The van der Waals surface area contributed by atoms with Crippen molar-refractivity contribution in [1.82, 2.24) is 19.6 Å². The molecule has 3 heterocycles. The lowest BCUT2D eigenvalue weighted by Crippen LogP contribution is -2.43. The molecule has 1 saturated heterocycles. The fourth-order valence-electron chi connectivity index (χ4n) is 2.66. The van der Waals surface area contributed by atoms with Crippen LogP contribution in [0.5, 0.6) is 0 Å². The maximum Gasteiger partial charge on any atom is 0.306 e. The summed E-state index contributed by atoms with van der Waals surface area (Å²) in [5.41, 5.74) is 0.711. The smallest absolute Gasteiger partial charge is 0.306 e. The van der Waals surface area contributed by atoms with Crippen molar-refractivity contribution in [1.29, 1.82) is 0 Å². The largest absolute Gasteiger partial charge is 0.481 e. The van der Waals surface area contributed by atoms with E-state index in [1.807, 2.05) is 11.3 Å². The van der Waals surface area contributed by atoms with Gasteiger partial charge < -0.3 is 10.0 Å². The molecule has 0 aliphatic carbocycles. The topological polar surface area (TPSA) is 83.6 Å². The molecule has 0 amide bonds. The predicted octanol–water partition coefficient (Wildman–Crippen LogP) is 0.814. The Morgan fingerprint density at radius 1 is 1.53 bits per heavy atom. The van der Waals surface area contributed by atoms with Crippen molar-refractivity contribution in [3.8, 4) is 0 Å². The van der Waals surface area contributed by atoms with E-state index in [1.165, 1.54) is 0 Å². The molecule has 1 aliphatic heterocycles. The third-order valence-electron chi connectivity index (χ3n) is 3.69. The Hall–Kier alpha value is -2.18. The van der Waals surface area contributed by atoms with E-state index in [4.69, 9.17) is 5.11 Å². The highest BCUT2D eigenvalue weighted by Crippen LogP contribution is 2.28. The number of aliphatic carboxylic acids is 1. The lowest BCUT2D eigenvalue weighted by Gasteiger charge is -2.36. The van der Waals surface area contributed by atoms with Crippen LogP contribution in [-0.4, -0.2) is 43.2 Å². The fraction of sp³-hybridized carbons (Fsp3) is 0.500. The number of rotatable bonds is 2. The molecule has 0 radical (unpaired) electrons. The molecule has 1 N–H and O–H groups in total. The van der Waals surface area contributed by atoms with Gasteiger partial charge in [-0.2, -0.15) is 0 Å². The molecule has 7 heteroatoms. The van der Waals surface area contributed by atoms with E-state index in [0.717, 1.165) is 5.82 Å². The number of piperidine rings is 1. The number of aromatic nitrogens is 4. The number of carboxylic acid groups (broad SMARTS) is 1. The van der Waals surface area contributed by atoms with Crippen LogP contribution >= 0.6 is 0 Å². The van der Waals surface area contributed by atoms with Gasteiger partial charge in [-0.15, -0.1) is 10.2 Å². The van der Waals surface area contributed by atoms with Crippen LogP contribution in [0.2, 0.25) is 0 Å². The van der Waals surface area contributed by atoms with E-state index in [9.17, 15) is 4.79 Å². The molecule has 1 aliphatic rings. The Labute approximate surface area is 109 Å². The molecular formula is C12H15N5O2. The average Bonchev–Trinajstić information content (AvgIpc) is 2.86. The zero-order valence-electron chi connectivity index (χ0n) is 10.6. The van der Waals surface area contributed by atoms with Crippen LogP contribution in [0.25, 0.3) is 5.65 Å². The summed E-state index contributed by atoms with van der Waals surface area (Å²) < 4.78 is 1.82. The van der Waals surface area contributed by atoms with Crippen LogP contribution in [0.4, 0.5) is 5.82 Å². The first-order valence-corrected chi connectivity index (χ1v) is 6.30. The van der Waals surface area contributed by atoms with E-state index in [1.54, 1.807) is 18.7 Å². The summed E-state index contributed by atoms with van der Waals surface area (Å²) in [6.07, 6.45) is 6.41. The van der Waals surface area contributed by atoms with Crippen LogP contribution in [0.15, 0.2) is 18.7 Å². The summed E-state index contributed by atoms with van der Waals surface area (Å²) in [5, 5.41) is 17.0. The van der Waals surface area contributed by atoms with E-state index >= 15 is 0 Å². The quantitative estimate of drug-likeness (QED) is 0.861. The van der Waals surface area contributed by atoms with Gasteiger partial charge in [0.15, 0.2) is 5.82 Å². The van der Waals surface area contributed by atoms with Crippen LogP contribution in [0, 0.1) is 5.92 Å². The highest BCUT2D eigenvalue weighted by Gasteiger charge is 2.31. The molecule has 19 heavy (non-hydrogen) atoms. The fourth-order valence-corrected chi connectivity index (χ4v) is 2.66. The van der Waals surface area contributed by atoms with Gasteiger partial charge in [0.25, 0.3) is 0 Å².